The summed E-state index contributed by atoms with van der Waals surface area (Å²) in [7, 11) is 1.61. The van der Waals surface area contributed by atoms with Gasteiger partial charge in [-0.3, -0.25) is 0 Å². The van der Waals surface area contributed by atoms with Crippen LogP contribution in [0.1, 0.15) is 19.4 Å². The van der Waals surface area contributed by atoms with Crippen molar-refractivity contribution in [3.05, 3.63) is 30.7 Å². The quantitative estimate of drug-likeness (QED) is 0.708. The molecule has 0 heterocycles. The Labute approximate surface area is 79.5 Å². The normalized spacial score (nSPS) is 10.2. The fourth-order valence-electron chi connectivity index (χ4n) is 1.04. The van der Waals surface area contributed by atoms with Crippen LogP contribution in [0.2, 0.25) is 0 Å². The summed E-state index contributed by atoms with van der Waals surface area (Å²) in [4.78, 5) is 0. The van der Waals surface area contributed by atoms with Gasteiger partial charge in [-0.1, -0.05) is 6.07 Å². The summed E-state index contributed by atoms with van der Waals surface area (Å²) in [6.07, 6.45) is 0.121. The summed E-state index contributed by atoms with van der Waals surface area (Å²) in [6.45, 7) is 9.54. The van der Waals surface area contributed by atoms with Gasteiger partial charge >= 0.3 is 0 Å². The van der Waals surface area contributed by atoms with Gasteiger partial charge in [0.15, 0.2) is 11.5 Å². The first-order valence-electron chi connectivity index (χ1n) is 4.23. The summed E-state index contributed by atoms with van der Waals surface area (Å²) in [5, 5.41) is 0. The number of rotatable bonds is 3. The van der Waals surface area contributed by atoms with Crippen molar-refractivity contribution in [2.45, 2.75) is 20.0 Å². The molecule has 2 nitrogen and oxygen atoms in total. The number of methoxy groups -OCH3 is 1. The van der Waals surface area contributed by atoms with E-state index in [4.69, 9.17) is 16.4 Å². The average molecular weight is 178 g/mol. The van der Waals surface area contributed by atoms with E-state index in [9.17, 15) is 0 Å². The van der Waals surface area contributed by atoms with Gasteiger partial charge in [-0.2, -0.15) is 0 Å². The largest absolute Gasteiger partial charge is 0.493 e. The van der Waals surface area contributed by atoms with E-state index in [1.54, 1.807) is 25.3 Å². The highest BCUT2D eigenvalue weighted by Crippen LogP contribution is 2.28. The van der Waals surface area contributed by atoms with E-state index in [2.05, 4.69) is 0 Å². The van der Waals surface area contributed by atoms with Gasteiger partial charge in [0.05, 0.1) is 13.2 Å². The topological polar surface area (TPSA) is 18.5 Å². The molecule has 70 valence electrons. The van der Waals surface area contributed by atoms with Gasteiger partial charge in [-0.25, -0.2) is 0 Å². The van der Waals surface area contributed by atoms with Crippen molar-refractivity contribution in [3.63, 3.8) is 0 Å². The number of benzene rings is 1. The van der Waals surface area contributed by atoms with Gasteiger partial charge in [-0.05, 0) is 38.5 Å². The Morgan fingerprint density at radius 1 is 1.23 bits per heavy atom. The molecular weight excluding hydrogens is 164 g/mol. The predicted molar refractivity (Wildman–Crippen MR) is 52.2 cm³/mol. The van der Waals surface area contributed by atoms with E-state index in [-0.39, 0.29) is 6.10 Å². The van der Waals surface area contributed by atoms with Crippen molar-refractivity contribution in [1.82, 2.24) is 0 Å². The van der Waals surface area contributed by atoms with Gasteiger partial charge in [0.1, 0.15) is 0 Å². The minimum Gasteiger partial charge on any atom is -0.493 e. The molecular formula is C11H14O2. The van der Waals surface area contributed by atoms with Crippen LogP contribution >= 0.6 is 0 Å². The fraction of sp³-hybridized carbons (Fsp3) is 0.364. The minimum atomic E-state index is 0.121. The molecule has 0 saturated heterocycles. The van der Waals surface area contributed by atoms with Gasteiger partial charge in [0.2, 0.25) is 0 Å². The van der Waals surface area contributed by atoms with Crippen LogP contribution in [0.5, 0.6) is 11.5 Å². The smallest absolute Gasteiger partial charge is 0.161 e. The van der Waals surface area contributed by atoms with Crippen molar-refractivity contribution in [1.29, 1.82) is 0 Å². The molecule has 13 heavy (non-hydrogen) atoms. The highest BCUT2D eigenvalue weighted by atomic mass is 16.5. The molecule has 1 aromatic carbocycles. The molecule has 0 bridgehead atoms. The third-order valence-electron chi connectivity index (χ3n) is 1.55. The Bertz CT molecular complexity index is 279. The van der Waals surface area contributed by atoms with Gasteiger partial charge < -0.3 is 9.47 Å². The van der Waals surface area contributed by atoms with E-state index in [0.717, 1.165) is 0 Å². The summed E-state index contributed by atoms with van der Waals surface area (Å²) in [6, 6.07) is 5.35. The monoisotopic (exact) mass is 178 g/mol. The molecule has 0 N–H and O–H groups in total. The van der Waals surface area contributed by atoms with Crippen LogP contribution in [0.4, 0.5) is 0 Å². The van der Waals surface area contributed by atoms with E-state index in [0.29, 0.717) is 17.1 Å². The van der Waals surface area contributed by atoms with Crippen molar-refractivity contribution in [2.24, 2.45) is 0 Å². The first-order valence-corrected chi connectivity index (χ1v) is 4.23. The fourth-order valence-corrected chi connectivity index (χ4v) is 1.04. The molecule has 0 aliphatic rings. The highest BCUT2D eigenvalue weighted by Gasteiger charge is 2.05. The van der Waals surface area contributed by atoms with Crippen LogP contribution in [-0.4, -0.2) is 13.2 Å². The van der Waals surface area contributed by atoms with E-state index >= 15 is 0 Å². The second kappa shape index (κ2) is 4.17. The van der Waals surface area contributed by atoms with E-state index < -0.39 is 0 Å². The van der Waals surface area contributed by atoms with Crippen molar-refractivity contribution < 1.29 is 9.47 Å². The second-order valence-corrected chi connectivity index (χ2v) is 3.08. The van der Waals surface area contributed by atoms with Crippen molar-refractivity contribution in [3.8, 4) is 11.5 Å². The lowest BCUT2D eigenvalue weighted by molar-refractivity contribution is 0.230. The second-order valence-electron chi connectivity index (χ2n) is 3.08. The number of ether oxygens (including phenoxy) is 2. The van der Waals surface area contributed by atoms with Crippen molar-refractivity contribution >= 4 is 0 Å². The highest BCUT2D eigenvalue weighted by molar-refractivity contribution is 5.43. The number of hydrogen-bond acceptors (Lipinski definition) is 2. The zero-order valence-corrected chi connectivity index (χ0v) is 8.20. The first-order chi connectivity index (χ1) is 6.13. The average Bonchev–Trinajstić information content (AvgIpc) is 2.03. The van der Waals surface area contributed by atoms with Crippen LogP contribution in [0, 0.1) is 6.92 Å². The lowest BCUT2D eigenvalue weighted by Gasteiger charge is -2.13. The summed E-state index contributed by atoms with van der Waals surface area (Å²) >= 11 is 0. The van der Waals surface area contributed by atoms with Crippen LogP contribution in [0.25, 0.3) is 0 Å². The van der Waals surface area contributed by atoms with Gasteiger partial charge in [-0.15, -0.1) is 0 Å². The standard InChI is InChI=1S/C11H14O2/c1-8(2)13-11-7-9(3)5-6-10(11)12-4/h3,5-8H,1-2,4H3. The van der Waals surface area contributed by atoms with Crippen LogP contribution in [0.3, 0.4) is 0 Å². The maximum absolute atomic E-state index is 5.62. The Morgan fingerprint density at radius 3 is 2.46 bits per heavy atom. The molecule has 0 atom stereocenters. The molecule has 0 saturated carbocycles. The lowest BCUT2D eigenvalue weighted by Crippen LogP contribution is -2.06. The predicted octanol–water partition coefficient (Wildman–Crippen LogP) is 2.54. The van der Waals surface area contributed by atoms with Crippen molar-refractivity contribution in [2.75, 3.05) is 7.11 Å². The van der Waals surface area contributed by atoms with Crippen LogP contribution < -0.4 is 9.47 Å². The molecule has 0 fully saturated rings. The molecule has 1 rings (SSSR count). The molecule has 2 radical (unpaired) electrons. The van der Waals surface area contributed by atoms with Gasteiger partial charge in [0.25, 0.3) is 0 Å². The molecule has 1 aromatic rings. The third-order valence-corrected chi connectivity index (χ3v) is 1.55. The van der Waals surface area contributed by atoms with Crippen LogP contribution in [0.15, 0.2) is 18.2 Å². The first kappa shape index (κ1) is 9.90. The zero-order valence-electron chi connectivity index (χ0n) is 8.20. The Kier molecular flexibility index (Phi) is 3.18. The molecule has 0 spiro atoms. The maximum Gasteiger partial charge on any atom is 0.161 e. The number of hydrogen-bond donors (Lipinski definition) is 0. The molecule has 0 aliphatic heterocycles. The van der Waals surface area contributed by atoms with E-state index in [1.807, 2.05) is 13.8 Å². The van der Waals surface area contributed by atoms with E-state index in [1.165, 1.54) is 0 Å². The molecule has 2 heteroatoms. The third kappa shape index (κ3) is 2.65. The summed E-state index contributed by atoms with van der Waals surface area (Å²) in [5.74, 6) is 1.40. The Hall–Kier alpha value is -1.18. The summed E-state index contributed by atoms with van der Waals surface area (Å²) in [5.41, 5.74) is 0.677. The maximum atomic E-state index is 5.62. The molecule has 0 unspecified atom stereocenters. The molecule has 0 amide bonds. The SMILES string of the molecule is [CH]c1ccc(OC)c(OC(C)C)c1. The lowest BCUT2D eigenvalue weighted by atomic mass is 10.2. The molecule has 0 aliphatic carbocycles. The summed E-state index contributed by atoms with van der Waals surface area (Å²) < 4.78 is 10.6. The van der Waals surface area contributed by atoms with Crippen LogP contribution in [-0.2, 0) is 0 Å². The minimum absolute atomic E-state index is 0.121. The Balaban J connectivity index is 2.94. The van der Waals surface area contributed by atoms with Gasteiger partial charge in [0, 0.05) is 0 Å². The molecule has 0 aromatic heterocycles. The zero-order chi connectivity index (χ0) is 9.84. The Morgan fingerprint density at radius 2 is 1.92 bits per heavy atom.